The molecule has 78 valence electrons. The third-order valence-corrected chi connectivity index (χ3v) is 3.90. The average Bonchev–Trinajstić information content (AvgIpc) is 2.29. The van der Waals surface area contributed by atoms with Crippen molar-refractivity contribution in [2.75, 3.05) is 0 Å². The maximum Gasteiger partial charge on any atom is 0.136 e. The number of Topliss-reactive ketones (excluding diaryl/α,β-unsaturated/α-hetero) is 2. The molecule has 2 aliphatic carbocycles. The van der Waals surface area contributed by atoms with Gasteiger partial charge in [0.05, 0.1) is 0 Å². The SMILES string of the molecule is CC1CCC2C(=O)CCCC2CC1=O. The zero-order valence-corrected chi connectivity index (χ0v) is 8.79. The van der Waals surface area contributed by atoms with Crippen molar-refractivity contribution in [1.82, 2.24) is 0 Å². The van der Waals surface area contributed by atoms with Gasteiger partial charge >= 0.3 is 0 Å². The molecular weight excluding hydrogens is 176 g/mol. The van der Waals surface area contributed by atoms with Crippen LogP contribution in [0.3, 0.4) is 0 Å². The van der Waals surface area contributed by atoms with Gasteiger partial charge in [-0.3, -0.25) is 9.59 Å². The van der Waals surface area contributed by atoms with Crippen molar-refractivity contribution in [2.45, 2.75) is 45.4 Å². The highest BCUT2D eigenvalue weighted by Crippen LogP contribution is 2.37. The van der Waals surface area contributed by atoms with Gasteiger partial charge in [0.2, 0.25) is 0 Å². The van der Waals surface area contributed by atoms with Crippen molar-refractivity contribution in [3.8, 4) is 0 Å². The largest absolute Gasteiger partial charge is 0.299 e. The van der Waals surface area contributed by atoms with Gasteiger partial charge in [-0.15, -0.1) is 0 Å². The van der Waals surface area contributed by atoms with E-state index in [0.717, 1.165) is 32.1 Å². The van der Waals surface area contributed by atoms with E-state index < -0.39 is 0 Å². The van der Waals surface area contributed by atoms with Crippen LogP contribution in [0.5, 0.6) is 0 Å². The van der Waals surface area contributed by atoms with Gasteiger partial charge < -0.3 is 0 Å². The van der Waals surface area contributed by atoms with Crippen molar-refractivity contribution in [2.24, 2.45) is 17.8 Å². The Kier molecular flexibility index (Phi) is 2.71. The Bertz CT molecular complexity index is 255. The lowest BCUT2D eigenvalue weighted by atomic mass is 9.75. The second-order valence-electron chi connectivity index (χ2n) is 4.87. The fourth-order valence-electron chi connectivity index (χ4n) is 2.88. The number of hydrogen-bond acceptors (Lipinski definition) is 2. The summed E-state index contributed by atoms with van der Waals surface area (Å²) in [5.41, 5.74) is 0. The molecule has 0 amide bonds. The van der Waals surface area contributed by atoms with Crippen LogP contribution in [-0.2, 0) is 9.59 Å². The molecule has 0 heterocycles. The van der Waals surface area contributed by atoms with Gasteiger partial charge in [0.25, 0.3) is 0 Å². The molecule has 2 rings (SSSR count). The van der Waals surface area contributed by atoms with Crippen LogP contribution in [0.2, 0.25) is 0 Å². The molecule has 0 aromatic heterocycles. The summed E-state index contributed by atoms with van der Waals surface area (Å²) in [7, 11) is 0. The van der Waals surface area contributed by atoms with E-state index in [9.17, 15) is 9.59 Å². The number of carbonyl (C=O) groups is 2. The topological polar surface area (TPSA) is 34.1 Å². The zero-order chi connectivity index (χ0) is 10.1. The second-order valence-corrected chi connectivity index (χ2v) is 4.87. The molecule has 2 fully saturated rings. The van der Waals surface area contributed by atoms with Gasteiger partial charge in [-0.25, -0.2) is 0 Å². The summed E-state index contributed by atoms with van der Waals surface area (Å²) in [6, 6.07) is 0. The second kappa shape index (κ2) is 3.84. The van der Waals surface area contributed by atoms with E-state index in [-0.39, 0.29) is 11.8 Å². The summed E-state index contributed by atoms with van der Waals surface area (Å²) >= 11 is 0. The van der Waals surface area contributed by atoms with Crippen molar-refractivity contribution in [3.05, 3.63) is 0 Å². The van der Waals surface area contributed by atoms with Crippen LogP contribution in [0.25, 0.3) is 0 Å². The first-order valence-corrected chi connectivity index (χ1v) is 5.74. The molecule has 14 heavy (non-hydrogen) atoms. The molecule has 2 heteroatoms. The molecule has 0 aliphatic heterocycles. The molecule has 0 radical (unpaired) electrons. The molecule has 0 aromatic carbocycles. The lowest BCUT2D eigenvalue weighted by Gasteiger charge is -2.27. The minimum absolute atomic E-state index is 0.188. The van der Waals surface area contributed by atoms with E-state index >= 15 is 0 Å². The Hall–Kier alpha value is -0.660. The smallest absolute Gasteiger partial charge is 0.136 e. The normalized spacial score (nSPS) is 39.1. The highest BCUT2D eigenvalue weighted by atomic mass is 16.1. The molecule has 2 saturated carbocycles. The maximum atomic E-state index is 11.7. The van der Waals surface area contributed by atoms with Crippen molar-refractivity contribution in [3.63, 3.8) is 0 Å². The Labute approximate surface area is 85.1 Å². The van der Waals surface area contributed by atoms with Gasteiger partial charge in [0.15, 0.2) is 0 Å². The van der Waals surface area contributed by atoms with Crippen molar-refractivity contribution in [1.29, 1.82) is 0 Å². The van der Waals surface area contributed by atoms with E-state index in [0.29, 0.717) is 23.9 Å². The Morgan fingerprint density at radius 1 is 1.07 bits per heavy atom. The molecule has 0 spiro atoms. The summed E-state index contributed by atoms with van der Waals surface area (Å²) in [5, 5.41) is 0. The first kappa shape index (κ1) is 9.88. The van der Waals surface area contributed by atoms with Crippen LogP contribution >= 0.6 is 0 Å². The molecule has 2 aliphatic rings. The van der Waals surface area contributed by atoms with Crippen LogP contribution < -0.4 is 0 Å². The third kappa shape index (κ3) is 1.75. The summed E-state index contributed by atoms with van der Waals surface area (Å²) < 4.78 is 0. The first-order valence-electron chi connectivity index (χ1n) is 5.74. The lowest BCUT2D eigenvalue weighted by Crippen LogP contribution is -2.28. The van der Waals surface area contributed by atoms with Crippen LogP contribution in [0.4, 0.5) is 0 Å². The summed E-state index contributed by atoms with van der Waals surface area (Å²) in [5.74, 6) is 1.59. The monoisotopic (exact) mass is 194 g/mol. The van der Waals surface area contributed by atoms with Gasteiger partial charge in [-0.2, -0.15) is 0 Å². The minimum Gasteiger partial charge on any atom is -0.299 e. The first-order chi connectivity index (χ1) is 6.68. The third-order valence-electron chi connectivity index (χ3n) is 3.90. The standard InChI is InChI=1S/C12H18O2/c1-8-5-6-10-9(7-12(8)14)3-2-4-11(10)13/h8-10H,2-7H2,1H3. The van der Waals surface area contributed by atoms with Gasteiger partial charge in [0, 0.05) is 24.7 Å². The number of ketones is 2. The summed E-state index contributed by atoms with van der Waals surface area (Å²) in [6.45, 7) is 2.00. The van der Waals surface area contributed by atoms with Gasteiger partial charge in [-0.05, 0) is 31.6 Å². The van der Waals surface area contributed by atoms with Crippen LogP contribution in [0.15, 0.2) is 0 Å². The van der Waals surface area contributed by atoms with E-state index in [1.807, 2.05) is 6.92 Å². The fourth-order valence-corrected chi connectivity index (χ4v) is 2.88. The number of carbonyl (C=O) groups excluding carboxylic acids is 2. The Morgan fingerprint density at radius 2 is 1.86 bits per heavy atom. The van der Waals surface area contributed by atoms with E-state index in [1.54, 1.807) is 0 Å². The Morgan fingerprint density at radius 3 is 2.64 bits per heavy atom. The lowest BCUT2D eigenvalue weighted by molar-refractivity contribution is -0.127. The predicted octanol–water partition coefficient (Wildman–Crippen LogP) is 2.36. The minimum atomic E-state index is 0.188. The average molecular weight is 194 g/mol. The number of rotatable bonds is 0. The number of fused-ring (bicyclic) bond motifs is 1. The molecular formula is C12H18O2. The molecule has 0 aromatic rings. The molecule has 0 saturated heterocycles. The van der Waals surface area contributed by atoms with Crippen LogP contribution in [0.1, 0.15) is 45.4 Å². The molecule has 2 nitrogen and oxygen atoms in total. The predicted molar refractivity (Wildman–Crippen MR) is 53.9 cm³/mol. The summed E-state index contributed by atoms with van der Waals surface area (Å²) in [4.78, 5) is 23.3. The zero-order valence-electron chi connectivity index (χ0n) is 8.79. The van der Waals surface area contributed by atoms with E-state index in [2.05, 4.69) is 0 Å². The molecule has 0 bridgehead atoms. The maximum absolute atomic E-state index is 11.7. The highest BCUT2D eigenvalue weighted by molar-refractivity contribution is 5.86. The fraction of sp³-hybridized carbons (Fsp3) is 0.833. The van der Waals surface area contributed by atoms with E-state index in [4.69, 9.17) is 0 Å². The molecule has 0 N–H and O–H groups in total. The molecule has 3 unspecified atom stereocenters. The summed E-state index contributed by atoms with van der Waals surface area (Å²) in [6.07, 6.45) is 5.39. The van der Waals surface area contributed by atoms with Crippen LogP contribution in [0, 0.1) is 17.8 Å². The quantitative estimate of drug-likeness (QED) is 0.593. The number of hydrogen-bond donors (Lipinski definition) is 0. The van der Waals surface area contributed by atoms with Crippen molar-refractivity contribution < 1.29 is 9.59 Å². The highest BCUT2D eigenvalue weighted by Gasteiger charge is 2.36. The van der Waals surface area contributed by atoms with Crippen molar-refractivity contribution >= 4 is 11.6 Å². The van der Waals surface area contributed by atoms with E-state index in [1.165, 1.54) is 0 Å². The van der Waals surface area contributed by atoms with Gasteiger partial charge in [-0.1, -0.05) is 6.92 Å². The van der Waals surface area contributed by atoms with Crippen LogP contribution in [-0.4, -0.2) is 11.6 Å². The molecule has 3 atom stereocenters. The van der Waals surface area contributed by atoms with Gasteiger partial charge in [0.1, 0.15) is 11.6 Å². The Balaban J connectivity index is 2.13.